The lowest BCUT2D eigenvalue weighted by molar-refractivity contribution is 0.470. The van der Waals surface area contributed by atoms with Gasteiger partial charge in [0.25, 0.3) is 0 Å². The van der Waals surface area contributed by atoms with Gasteiger partial charge < -0.3 is 5.32 Å². The van der Waals surface area contributed by atoms with Crippen molar-refractivity contribution < 1.29 is 8.42 Å². The Morgan fingerprint density at radius 1 is 1.47 bits per heavy atom. The zero-order valence-electron chi connectivity index (χ0n) is 9.89. The van der Waals surface area contributed by atoms with E-state index in [9.17, 15) is 8.42 Å². The van der Waals surface area contributed by atoms with E-state index in [1.54, 1.807) is 12.1 Å². The van der Waals surface area contributed by atoms with Crippen LogP contribution in [0.5, 0.6) is 0 Å². The summed E-state index contributed by atoms with van der Waals surface area (Å²) in [7, 11) is -3.08. The van der Waals surface area contributed by atoms with Crippen LogP contribution in [-0.2, 0) is 9.84 Å². The molecule has 4 heteroatoms. The third-order valence-electron chi connectivity index (χ3n) is 3.12. The summed E-state index contributed by atoms with van der Waals surface area (Å²) in [6, 6.07) is 7.51. The number of benzene rings is 1. The van der Waals surface area contributed by atoms with Crippen molar-refractivity contribution in [3.63, 3.8) is 0 Å². The first kappa shape index (κ1) is 12.3. The summed E-state index contributed by atoms with van der Waals surface area (Å²) < 4.78 is 23.9. The van der Waals surface area contributed by atoms with Gasteiger partial charge in [-0.2, -0.15) is 0 Å². The number of rotatable bonds is 3. The van der Waals surface area contributed by atoms with E-state index < -0.39 is 9.84 Å². The Hall–Kier alpha value is -1.13. The molecule has 92 valence electrons. The molecular weight excluding hydrogens is 234 g/mol. The van der Waals surface area contributed by atoms with Crippen LogP contribution in [0.2, 0.25) is 0 Å². The van der Waals surface area contributed by atoms with Gasteiger partial charge in [-0.25, -0.2) is 8.42 Å². The second kappa shape index (κ2) is 4.63. The molecule has 2 rings (SSSR count). The standard InChI is InChI=1S/C13H17NO2S/c1-3-10(2)14-12-8-9-17(15,16)13-7-5-4-6-11(12)13/h3-7,10,12,14H,1,8-9H2,2H3. The molecule has 0 fully saturated rings. The third-order valence-corrected chi connectivity index (χ3v) is 4.94. The van der Waals surface area contributed by atoms with Crippen molar-refractivity contribution in [1.29, 1.82) is 0 Å². The molecule has 0 amide bonds. The maximum atomic E-state index is 11.9. The maximum Gasteiger partial charge on any atom is 0.178 e. The van der Waals surface area contributed by atoms with Crippen LogP contribution in [0.3, 0.4) is 0 Å². The molecule has 0 spiro atoms. The van der Waals surface area contributed by atoms with E-state index in [4.69, 9.17) is 0 Å². The molecule has 1 aromatic carbocycles. The normalized spacial score (nSPS) is 23.7. The van der Waals surface area contributed by atoms with Crippen LogP contribution >= 0.6 is 0 Å². The average Bonchev–Trinajstić information content (AvgIpc) is 2.33. The van der Waals surface area contributed by atoms with Crippen molar-refractivity contribution in [3.05, 3.63) is 42.5 Å². The number of hydrogen-bond donors (Lipinski definition) is 1. The first-order chi connectivity index (χ1) is 8.04. The molecule has 2 unspecified atom stereocenters. The second-order valence-corrected chi connectivity index (χ2v) is 6.47. The smallest absolute Gasteiger partial charge is 0.178 e. The van der Waals surface area contributed by atoms with E-state index in [0.717, 1.165) is 5.56 Å². The summed E-state index contributed by atoms with van der Waals surface area (Å²) in [5.74, 6) is 0.214. The molecule has 17 heavy (non-hydrogen) atoms. The topological polar surface area (TPSA) is 46.2 Å². The first-order valence-corrected chi connectivity index (χ1v) is 7.40. The molecule has 0 radical (unpaired) electrons. The van der Waals surface area contributed by atoms with Crippen molar-refractivity contribution in [2.75, 3.05) is 5.75 Å². The number of hydrogen-bond acceptors (Lipinski definition) is 3. The molecule has 0 saturated heterocycles. The van der Waals surface area contributed by atoms with E-state index in [-0.39, 0.29) is 17.8 Å². The van der Waals surface area contributed by atoms with Gasteiger partial charge in [0.2, 0.25) is 0 Å². The minimum absolute atomic E-state index is 0.0997. The molecule has 0 saturated carbocycles. The Labute approximate surface area is 102 Å². The minimum Gasteiger partial charge on any atom is -0.304 e. The van der Waals surface area contributed by atoms with E-state index in [0.29, 0.717) is 11.3 Å². The molecule has 3 nitrogen and oxygen atoms in total. The van der Waals surface area contributed by atoms with Gasteiger partial charge in [0.15, 0.2) is 9.84 Å². The predicted molar refractivity (Wildman–Crippen MR) is 68.6 cm³/mol. The highest BCUT2D eigenvalue weighted by atomic mass is 32.2. The Morgan fingerprint density at radius 2 is 2.18 bits per heavy atom. The summed E-state index contributed by atoms with van der Waals surface area (Å²) in [6.07, 6.45) is 2.45. The van der Waals surface area contributed by atoms with Gasteiger partial charge in [-0.05, 0) is 25.0 Å². The fourth-order valence-corrected chi connectivity index (χ4v) is 3.77. The molecule has 0 aromatic heterocycles. The molecular formula is C13H17NO2S. The van der Waals surface area contributed by atoms with Crippen LogP contribution in [0.25, 0.3) is 0 Å². The lowest BCUT2D eigenvalue weighted by atomic mass is 10.0. The largest absolute Gasteiger partial charge is 0.304 e. The highest BCUT2D eigenvalue weighted by Gasteiger charge is 2.29. The Balaban J connectivity index is 2.38. The van der Waals surface area contributed by atoms with Crippen LogP contribution in [0, 0.1) is 0 Å². The van der Waals surface area contributed by atoms with Crippen molar-refractivity contribution in [1.82, 2.24) is 5.32 Å². The first-order valence-electron chi connectivity index (χ1n) is 5.75. The minimum atomic E-state index is -3.08. The van der Waals surface area contributed by atoms with Gasteiger partial charge in [-0.1, -0.05) is 24.3 Å². The molecule has 1 heterocycles. The maximum absolute atomic E-state index is 11.9. The Morgan fingerprint density at radius 3 is 2.88 bits per heavy atom. The van der Waals surface area contributed by atoms with Gasteiger partial charge in [0.1, 0.15) is 0 Å². The van der Waals surface area contributed by atoms with Crippen LogP contribution in [-0.4, -0.2) is 20.2 Å². The van der Waals surface area contributed by atoms with Gasteiger partial charge in [0.05, 0.1) is 10.6 Å². The van der Waals surface area contributed by atoms with E-state index in [2.05, 4.69) is 11.9 Å². The van der Waals surface area contributed by atoms with Gasteiger partial charge >= 0.3 is 0 Å². The number of sulfone groups is 1. The van der Waals surface area contributed by atoms with Gasteiger partial charge in [-0.15, -0.1) is 6.58 Å². The van der Waals surface area contributed by atoms with Crippen LogP contribution in [0.1, 0.15) is 24.9 Å². The fraction of sp³-hybridized carbons (Fsp3) is 0.385. The summed E-state index contributed by atoms with van der Waals surface area (Å²) >= 11 is 0. The predicted octanol–water partition coefficient (Wildman–Crippen LogP) is 2.07. The van der Waals surface area contributed by atoms with E-state index >= 15 is 0 Å². The van der Waals surface area contributed by atoms with Crippen LogP contribution < -0.4 is 5.32 Å². The van der Waals surface area contributed by atoms with E-state index in [1.807, 2.05) is 25.1 Å². The molecule has 1 aliphatic heterocycles. The molecule has 1 aliphatic rings. The van der Waals surface area contributed by atoms with E-state index in [1.165, 1.54) is 0 Å². The molecule has 0 aliphatic carbocycles. The summed E-state index contributed by atoms with van der Waals surface area (Å²) in [6.45, 7) is 5.74. The van der Waals surface area contributed by atoms with Gasteiger partial charge in [0, 0.05) is 12.1 Å². The quantitative estimate of drug-likeness (QED) is 0.837. The van der Waals surface area contributed by atoms with Crippen molar-refractivity contribution in [2.24, 2.45) is 0 Å². The molecule has 0 bridgehead atoms. The number of nitrogens with one attached hydrogen (secondary N) is 1. The van der Waals surface area contributed by atoms with Crippen molar-refractivity contribution >= 4 is 9.84 Å². The summed E-state index contributed by atoms with van der Waals surface area (Å²) in [5.41, 5.74) is 0.882. The zero-order valence-corrected chi connectivity index (χ0v) is 10.7. The Kier molecular flexibility index (Phi) is 3.35. The zero-order chi connectivity index (χ0) is 12.5. The second-order valence-electron chi connectivity index (χ2n) is 4.39. The SMILES string of the molecule is C=CC(C)NC1CCS(=O)(=O)c2ccccc21. The Bertz CT molecular complexity index is 522. The summed E-state index contributed by atoms with van der Waals surface area (Å²) in [5, 5.41) is 3.38. The monoisotopic (exact) mass is 251 g/mol. The third kappa shape index (κ3) is 2.42. The highest BCUT2D eigenvalue weighted by Crippen LogP contribution is 2.32. The van der Waals surface area contributed by atoms with Crippen LogP contribution in [0.15, 0.2) is 41.8 Å². The molecule has 2 atom stereocenters. The fourth-order valence-electron chi connectivity index (χ4n) is 2.15. The van der Waals surface area contributed by atoms with Crippen molar-refractivity contribution in [3.8, 4) is 0 Å². The van der Waals surface area contributed by atoms with Crippen molar-refractivity contribution in [2.45, 2.75) is 30.3 Å². The number of fused-ring (bicyclic) bond motifs is 1. The molecule has 1 N–H and O–H groups in total. The summed E-state index contributed by atoms with van der Waals surface area (Å²) in [4.78, 5) is 0.472. The van der Waals surface area contributed by atoms with Crippen LogP contribution in [0.4, 0.5) is 0 Å². The average molecular weight is 251 g/mol. The van der Waals surface area contributed by atoms with Gasteiger partial charge in [-0.3, -0.25) is 0 Å². The molecule has 1 aromatic rings. The lowest BCUT2D eigenvalue weighted by Crippen LogP contribution is -2.34. The lowest BCUT2D eigenvalue weighted by Gasteiger charge is -2.28. The highest BCUT2D eigenvalue weighted by molar-refractivity contribution is 7.91.